The Hall–Kier alpha value is -1.53. The van der Waals surface area contributed by atoms with Gasteiger partial charge >= 0.3 is 5.97 Å². The van der Waals surface area contributed by atoms with Crippen LogP contribution in [-0.4, -0.2) is 77.5 Å². The first-order chi connectivity index (χ1) is 20.3. The second kappa shape index (κ2) is 17.6. The average Bonchev–Trinajstić information content (AvgIpc) is 2.92. The molecule has 0 unspecified atom stereocenters. The number of methoxy groups -OCH3 is 1. The lowest BCUT2D eigenvalue weighted by Gasteiger charge is -2.45. The van der Waals surface area contributed by atoms with Crippen molar-refractivity contribution < 1.29 is 28.3 Å². The Labute approximate surface area is 279 Å². The molecule has 1 N–H and O–H groups in total. The Balaban J connectivity index is 6.39. The van der Waals surface area contributed by atoms with Gasteiger partial charge in [-0.05, 0) is 48.1 Å². The van der Waals surface area contributed by atoms with E-state index < -0.39 is 40.7 Å². The van der Waals surface area contributed by atoms with E-state index in [9.17, 15) is 14.7 Å². The number of aliphatic hydroxyl groups is 1. The molecule has 8 atom stereocenters. The molecule has 0 aliphatic heterocycles. The van der Waals surface area contributed by atoms with Crippen LogP contribution in [-0.2, 0) is 23.2 Å². The molecule has 1 amide bonds. The van der Waals surface area contributed by atoms with Gasteiger partial charge in [0, 0.05) is 31.5 Å². The quantitative estimate of drug-likeness (QED) is 0.0728. The van der Waals surface area contributed by atoms with Gasteiger partial charge < -0.3 is 23.6 Å². The lowest BCUT2D eigenvalue weighted by molar-refractivity contribution is -0.140. The molecule has 0 aliphatic carbocycles. The number of rotatable bonds is 17. The van der Waals surface area contributed by atoms with Gasteiger partial charge in [-0.2, -0.15) is 0 Å². The molecule has 0 aliphatic rings. The van der Waals surface area contributed by atoms with Gasteiger partial charge in [0.2, 0.25) is 5.91 Å². The fraction of sp³-hybridized carbons (Fsp3) is 0.778. The molecule has 0 aromatic carbocycles. The molecule has 0 fully saturated rings. The molecule has 45 heavy (non-hydrogen) atoms. The molecule has 0 rings (SSSR count). The minimum absolute atomic E-state index is 0.00370. The summed E-state index contributed by atoms with van der Waals surface area (Å²) >= 11 is 0. The van der Waals surface area contributed by atoms with Crippen molar-refractivity contribution in [1.82, 2.24) is 4.90 Å². The number of carbonyl (C=O) groups is 2. The fourth-order valence-corrected chi connectivity index (χ4v) is 7.94. The van der Waals surface area contributed by atoms with Crippen molar-refractivity contribution in [2.24, 2.45) is 29.6 Å². The van der Waals surface area contributed by atoms with Crippen LogP contribution in [0.1, 0.15) is 76.2 Å². The van der Waals surface area contributed by atoms with Gasteiger partial charge in [-0.15, -0.1) is 0 Å². The second-order valence-electron chi connectivity index (χ2n) is 16.2. The maximum atomic E-state index is 14.2. The first-order valence-corrected chi connectivity index (χ1v) is 22.4. The lowest BCUT2D eigenvalue weighted by Crippen LogP contribution is -2.53. The summed E-state index contributed by atoms with van der Waals surface area (Å²) in [7, 11) is -1.26. The van der Waals surface area contributed by atoms with E-state index in [1.807, 2.05) is 53.0 Å². The van der Waals surface area contributed by atoms with Gasteiger partial charge in [-0.25, -0.2) is 4.79 Å². The fourth-order valence-electron chi connectivity index (χ4n) is 5.00. The van der Waals surface area contributed by atoms with E-state index in [2.05, 4.69) is 81.2 Å². The highest BCUT2D eigenvalue weighted by Gasteiger charge is 2.45. The number of esters is 1. The van der Waals surface area contributed by atoms with Crippen LogP contribution in [0.25, 0.3) is 0 Å². The number of carbonyl (C=O) groups excluding carboxylic acids is 2. The van der Waals surface area contributed by atoms with Crippen molar-refractivity contribution in [3.63, 3.8) is 0 Å². The molecule has 262 valence electrons. The summed E-state index contributed by atoms with van der Waals surface area (Å²) in [4.78, 5) is 27.8. The summed E-state index contributed by atoms with van der Waals surface area (Å²) in [5.74, 6) is -1.42. The van der Waals surface area contributed by atoms with Gasteiger partial charge in [0.25, 0.3) is 0 Å². The second-order valence-corrected chi connectivity index (χ2v) is 25.8. The Morgan fingerprint density at radius 1 is 0.844 bits per heavy atom. The van der Waals surface area contributed by atoms with E-state index in [4.69, 9.17) is 13.6 Å². The zero-order valence-corrected chi connectivity index (χ0v) is 33.9. The van der Waals surface area contributed by atoms with E-state index in [1.54, 1.807) is 11.0 Å². The van der Waals surface area contributed by atoms with Crippen LogP contribution in [0.2, 0.25) is 36.3 Å². The zero-order valence-electron chi connectivity index (χ0n) is 31.9. The average molecular weight is 668 g/mol. The Morgan fingerprint density at radius 3 is 1.73 bits per heavy atom. The summed E-state index contributed by atoms with van der Waals surface area (Å²) < 4.78 is 18.7. The molecule has 0 heterocycles. The largest absolute Gasteiger partial charge is 0.466 e. The maximum absolute atomic E-state index is 14.2. The zero-order chi connectivity index (χ0) is 35.7. The van der Waals surface area contributed by atoms with Crippen LogP contribution >= 0.6 is 0 Å². The molecular weight excluding hydrogens is 599 g/mol. The van der Waals surface area contributed by atoms with Crippen molar-refractivity contribution in [1.29, 1.82) is 0 Å². The van der Waals surface area contributed by atoms with Crippen molar-refractivity contribution in [3.05, 3.63) is 37.0 Å². The molecule has 0 saturated carbocycles. The summed E-state index contributed by atoms with van der Waals surface area (Å²) in [5.41, 5.74) is 0. The SMILES string of the molecule is C=CC=C[C@H](C)[C@H](O)[C@@H](C)[C@H](O[Si](C)(C)C(C)(C)C)[C@@H](C)C(=O)N(C)C[C@H](C)[C@@H](O[Si](C)(C)C(C)(C)C)[C@@H](C)C=CC(=O)OC. The van der Waals surface area contributed by atoms with Crippen LogP contribution < -0.4 is 0 Å². The number of nitrogens with zero attached hydrogens (tertiary/aromatic N) is 1. The van der Waals surface area contributed by atoms with E-state index in [0.717, 1.165) is 0 Å². The Bertz CT molecular complexity index is 1010. The van der Waals surface area contributed by atoms with Crippen molar-refractivity contribution >= 4 is 28.5 Å². The van der Waals surface area contributed by atoms with Crippen LogP contribution in [0.5, 0.6) is 0 Å². The molecule has 0 aromatic heterocycles. The molecular formula is C36H69NO6Si2. The third kappa shape index (κ3) is 12.9. The Morgan fingerprint density at radius 2 is 1.31 bits per heavy atom. The molecule has 0 radical (unpaired) electrons. The van der Waals surface area contributed by atoms with Crippen LogP contribution in [0.3, 0.4) is 0 Å². The predicted octanol–water partition coefficient (Wildman–Crippen LogP) is 8.24. The highest BCUT2D eigenvalue weighted by molar-refractivity contribution is 6.74. The first kappa shape index (κ1) is 43.5. The minimum Gasteiger partial charge on any atom is -0.466 e. The molecule has 0 aromatic rings. The molecule has 9 heteroatoms. The summed E-state index contributed by atoms with van der Waals surface area (Å²) in [6, 6.07) is 0. The third-order valence-electron chi connectivity index (χ3n) is 10.3. The molecule has 0 bridgehead atoms. The molecule has 0 spiro atoms. The number of allylic oxidation sites excluding steroid dienone is 2. The van der Waals surface area contributed by atoms with Gasteiger partial charge in [0.15, 0.2) is 16.6 Å². The van der Waals surface area contributed by atoms with Gasteiger partial charge in [0.1, 0.15) is 0 Å². The van der Waals surface area contributed by atoms with Crippen molar-refractivity contribution in [3.8, 4) is 0 Å². The topological polar surface area (TPSA) is 85.3 Å². The normalized spacial score (nSPS) is 19.0. The minimum atomic E-state index is -2.29. The van der Waals surface area contributed by atoms with Gasteiger partial charge in [-0.1, -0.05) is 107 Å². The third-order valence-corrected chi connectivity index (χ3v) is 19.2. The van der Waals surface area contributed by atoms with Crippen LogP contribution in [0, 0.1) is 29.6 Å². The van der Waals surface area contributed by atoms with E-state index >= 15 is 0 Å². The number of amides is 1. The highest BCUT2D eigenvalue weighted by atomic mass is 28.4. The monoisotopic (exact) mass is 667 g/mol. The number of hydrogen-bond donors (Lipinski definition) is 1. The number of hydrogen-bond acceptors (Lipinski definition) is 6. The van der Waals surface area contributed by atoms with Crippen LogP contribution in [0.15, 0.2) is 37.0 Å². The predicted molar refractivity (Wildman–Crippen MR) is 194 cm³/mol. The van der Waals surface area contributed by atoms with E-state index in [0.29, 0.717) is 6.54 Å². The van der Waals surface area contributed by atoms with Gasteiger partial charge in [0.05, 0.1) is 31.3 Å². The molecule has 7 nitrogen and oxygen atoms in total. The van der Waals surface area contributed by atoms with E-state index in [-0.39, 0.29) is 45.8 Å². The van der Waals surface area contributed by atoms with Crippen LogP contribution in [0.4, 0.5) is 0 Å². The first-order valence-electron chi connectivity index (χ1n) is 16.6. The van der Waals surface area contributed by atoms with E-state index in [1.165, 1.54) is 13.2 Å². The highest BCUT2D eigenvalue weighted by Crippen LogP contribution is 2.41. The number of ether oxygens (including phenoxy) is 1. The van der Waals surface area contributed by atoms with Crippen molar-refractivity contribution in [2.45, 2.75) is 131 Å². The summed E-state index contributed by atoms with van der Waals surface area (Å²) in [6.07, 6.45) is 7.42. The standard InChI is InChI=1S/C36H69NO6Si2/c1-19-20-21-25(2)31(39)28(5)33(43-45(17,18)36(10,11)12)29(6)34(40)37(13)24-27(4)32(26(3)22-23-30(38)41-14)42-44(15,16)35(7,8)9/h19-23,25-29,31-33,39H,1,24H2,2-18H3/t25-,26-,27-,28+,29+,31-,32-,33-/m0/s1. The maximum Gasteiger partial charge on any atom is 0.330 e. The summed E-state index contributed by atoms with van der Waals surface area (Å²) in [5, 5.41) is 11.3. The smallest absolute Gasteiger partial charge is 0.330 e. The van der Waals surface area contributed by atoms with Gasteiger partial charge in [-0.3, -0.25) is 4.79 Å². The molecule has 0 saturated heterocycles. The summed E-state index contributed by atoms with van der Waals surface area (Å²) in [6.45, 7) is 36.3. The number of aliphatic hydroxyl groups excluding tert-OH is 1. The lowest BCUT2D eigenvalue weighted by atomic mass is 9.83. The Kier molecular flexibility index (Phi) is 17.0. The van der Waals surface area contributed by atoms with Crippen molar-refractivity contribution in [2.75, 3.05) is 20.7 Å².